The summed E-state index contributed by atoms with van der Waals surface area (Å²) in [6.07, 6.45) is -3.09. The van der Waals surface area contributed by atoms with Crippen molar-refractivity contribution in [1.82, 2.24) is 5.43 Å². The third kappa shape index (κ3) is 6.67. The number of alkyl halides is 3. The van der Waals surface area contributed by atoms with Crippen molar-refractivity contribution in [2.45, 2.75) is 19.7 Å². The van der Waals surface area contributed by atoms with Crippen molar-refractivity contribution in [3.8, 4) is 5.75 Å². The fourth-order valence-corrected chi connectivity index (χ4v) is 4.83. The van der Waals surface area contributed by atoms with E-state index in [1.165, 1.54) is 23.9 Å². The van der Waals surface area contributed by atoms with Gasteiger partial charge in [0.25, 0.3) is 5.91 Å². The van der Waals surface area contributed by atoms with Crippen LogP contribution < -0.4 is 10.2 Å². The number of halogens is 5. The Morgan fingerprint density at radius 3 is 2.34 bits per heavy atom. The number of hydrazone groups is 1. The largest absolute Gasteiger partial charge is 0.487 e. The number of nitrogens with zero attached hydrogens (tertiary/aromatic N) is 1. The van der Waals surface area contributed by atoms with Gasteiger partial charge in [-0.25, -0.2) is 5.43 Å². The van der Waals surface area contributed by atoms with Gasteiger partial charge in [0, 0.05) is 5.56 Å². The Morgan fingerprint density at radius 1 is 1.06 bits per heavy atom. The standard InChI is InChI=1S/C23H17F3I2N2O2/c1-14-5-7-15(8-6-14)13-32-21-19(27)9-16(10-20(21)28)12-29-30-22(31)17-3-2-4-18(11-17)23(24,25)26/h2-12H,13H2,1H3,(H,30,31)/b29-12-. The maximum absolute atomic E-state index is 12.8. The molecule has 0 aliphatic rings. The molecule has 166 valence electrons. The molecule has 32 heavy (non-hydrogen) atoms. The second-order valence-electron chi connectivity index (χ2n) is 6.87. The lowest BCUT2D eigenvalue weighted by molar-refractivity contribution is -0.137. The molecule has 0 atom stereocenters. The number of hydrogen-bond acceptors (Lipinski definition) is 3. The van der Waals surface area contributed by atoms with E-state index >= 15 is 0 Å². The molecule has 0 aliphatic heterocycles. The first kappa shape index (κ1) is 24.5. The highest BCUT2D eigenvalue weighted by Crippen LogP contribution is 2.30. The molecule has 3 rings (SSSR count). The summed E-state index contributed by atoms with van der Waals surface area (Å²) < 4.78 is 46.1. The predicted molar refractivity (Wildman–Crippen MR) is 134 cm³/mol. The van der Waals surface area contributed by atoms with Crippen molar-refractivity contribution < 1.29 is 22.7 Å². The van der Waals surface area contributed by atoms with Crippen molar-refractivity contribution in [1.29, 1.82) is 0 Å². The first-order valence-electron chi connectivity index (χ1n) is 9.31. The fraction of sp³-hybridized carbons (Fsp3) is 0.130. The van der Waals surface area contributed by atoms with Gasteiger partial charge in [0.1, 0.15) is 12.4 Å². The van der Waals surface area contributed by atoms with Crippen LogP contribution in [0.3, 0.4) is 0 Å². The van der Waals surface area contributed by atoms with Crippen molar-refractivity contribution in [3.63, 3.8) is 0 Å². The zero-order chi connectivity index (χ0) is 23.3. The van der Waals surface area contributed by atoms with Crippen LogP contribution in [0.25, 0.3) is 0 Å². The van der Waals surface area contributed by atoms with E-state index < -0.39 is 17.6 Å². The molecule has 0 aromatic heterocycles. The highest BCUT2D eigenvalue weighted by molar-refractivity contribution is 14.1. The molecule has 0 fully saturated rings. The molecular weight excluding hydrogens is 647 g/mol. The summed E-state index contributed by atoms with van der Waals surface area (Å²) in [6, 6.07) is 16.0. The number of amides is 1. The van der Waals surface area contributed by atoms with E-state index in [0.717, 1.165) is 30.6 Å². The first-order valence-corrected chi connectivity index (χ1v) is 11.5. The van der Waals surface area contributed by atoms with Gasteiger partial charge < -0.3 is 4.74 Å². The number of rotatable bonds is 6. The third-order valence-electron chi connectivity index (χ3n) is 4.36. The first-order chi connectivity index (χ1) is 15.1. The Hall–Kier alpha value is -2.15. The van der Waals surface area contributed by atoms with Crippen LogP contribution in [0.5, 0.6) is 5.75 Å². The van der Waals surface area contributed by atoms with E-state index in [4.69, 9.17) is 4.74 Å². The minimum atomic E-state index is -4.52. The summed E-state index contributed by atoms with van der Waals surface area (Å²) in [5.74, 6) is 0.0201. The second kappa shape index (κ2) is 10.6. The van der Waals surface area contributed by atoms with E-state index in [-0.39, 0.29) is 5.56 Å². The molecule has 1 amide bonds. The summed E-state index contributed by atoms with van der Waals surface area (Å²) in [4.78, 5) is 12.1. The fourth-order valence-electron chi connectivity index (χ4n) is 2.70. The number of nitrogens with one attached hydrogen (secondary N) is 1. The Labute approximate surface area is 210 Å². The number of aryl methyl sites for hydroxylation is 1. The van der Waals surface area contributed by atoms with Crippen molar-refractivity contribution in [2.24, 2.45) is 5.10 Å². The molecule has 0 saturated heterocycles. The zero-order valence-corrected chi connectivity index (χ0v) is 21.0. The summed E-state index contributed by atoms with van der Waals surface area (Å²) in [7, 11) is 0. The van der Waals surface area contributed by atoms with Gasteiger partial charge in [0.05, 0.1) is 18.9 Å². The van der Waals surface area contributed by atoms with Crippen LogP contribution in [0, 0.1) is 14.1 Å². The highest BCUT2D eigenvalue weighted by Gasteiger charge is 2.30. The van der Waals surface area contributed by atoms with Gasteiger partial charge >= 0.3 is 6.18 Å². The van der Waals surface area contributed by atoms with Crippen LogP contribution in [-0.2, 0) is 12.8 Å². The van der Waals surface area contributed by atoms with Crippen molar-refractivity contribution >= 4 is 57.3 Å². The molecule has 0 aliphatic carbocycles. The minimum absolute atomic E-state index is 0.124. The van der Waals surface area contributed by atoms with Gasteiger partial charge in [-0.1, -0.05) is 35.9 Å². The zero-order valence-electron chi connectivity index (χ0n) is 16.7. The lowest BCUT2D eigenvalue weighted by Gasteiger charge is -2.11. The molecule has 1 N–H and O–H groups in total. The minimum Gasteiger partial charge on any atom is -0.487 e. The summed E-state index contributed by atoms with van der Waals surface area (Å²) in [6.45, 7) is 2.46. The molecule has 0 unspecified atom stereocenters. The van der Waals surface area contributed by atoms with Gasteiger partial charge in [-0.3, -0.25) is 4.79 Å². The van der Waals surface area contributed by atoms with Crippen LogP contribution in [0.4, 0.5) is 13.2 Å². The van der Waals surface area contributed by atoms with Crippen molar-refractivity contribution in [2.75, 3.05) is 0 Å². The van der Waals surface area contributed by atoms with Gasteiger partial charge in [0.15, 0.2) is 0 Å². The van der Waals surface area contributed by atoms with Crippen LogP contribution in [0.2, 0.25) is 0 Å². The van der Waals surface area contributed by atoms with E-state index in [1.807, 2.05) is 43.3 Å². The van der Waals surface area contributed by atoms with Crippen LogP contribution >= 0.6 is 45.2 Å². The normalized spacial score (nSPS) is 11.6. The molecular formula is C23H17F3I2N2O2. The Kier molecular flexibility index (Phi) is 8.15. The molecule has 3 aromatic rings. The Balaban J connectivity index is 1.65. The van der Waals surface area contributed by atoms with Crippen LogP contribution in [0.15, 0.2) is 65.8 Å². The number of benzene rings is 3. The lowest BCUT2D eigenvalue weighted by atomic mass is 10.1. The van der Waals surface area contributed by atoms with Gasteiger partial charge in [-0.2, -0.15) is 18.3 Å². The average Bonchev–Trinajstić information content (AvgIpc) is 2.74. The monoisotopic (exact) mass is 664 g/mol. The molecule has 4 nitrogen and oxygen atoms in total. The number of carbonyl (C=O) groups is 1. The molecule has 0 saturated carbocycles. The van der Waals surface area contributed by atoms with Crippen LogP contribution in [0.1, 0.15) is 32.6 Å². The molecule has 9 heteroatoms. The number of carbonyl (C=O) groups excluding carboxylic acids is 1. The number of hydrogen-bond donors (Lipinski definition) is 1. The molecule has 0 radical (unpaired) electrons. The van der Waals surface area contributed by atoms with Gasteiger partial charge in [-0.05, 0) is 93.6 Å². The lowest BCUT2D eigenvalue weighted by Crippen LogP contribution is -2.18. The van der Waals surface area contributed by atoms with Gasteiger partial charge in [0.2, 0.25) is 0 Å². The number of ether oxygens (including phenoxy) is 1. The maximum atomic E-state index is 12.8. The van der Waals surface area contributed by atoms with E-state index in [2.05, 4.69) is 55.7 Å². The second-order valence-corrected chi connectivity index (χ2v) is 9.19. The Bertz CT molecular complexity index is 1120. The molecule has 0 bridgehead atoms. The summed E-state index contributed by atoms with van der Waals surface area (Å²) in [5.41, 5.74) is 4.20. The molecule has 0 spiro atoms. The molecule has 3 aromatic carbocycles. The van der Waals surface area contributed by atoms with E-state index in [1.54, 1.807) is 0 Å². The van der Waals surface area contributed by atoms with E-state index in [9.17, 15) is 18.0 Å². The van der Waals surface area contributed by atoms with Crippen molar-refractivity contribution in [3.05, 3.63) is 95.6 Å². The molecule has 0 heterocycles. The predicted octanol–water partition coefficient (Wildman–Crippen LogP) is 6.57. The maximum Gasteiger partial charge on any atom is 0.416 e. The highest BCUT2D eigenvalue weighted by atomic mass is 127. The third-order valence-corrected chi connectivity index (χ3v) is 5.96. The topological polar surface area (TPSA) is 50.7 Å². The Morgan fingerprint density at radius 2 is 1.72 bits per heavy atom. The SMILES string of the molecule is Cc1ccc(COc2c(I)cc(/C=N\NC(=O)c3cccc(C(F)(F)F)c3)cc2I)cc1. The quantitative estimate of drug-likeness (QED) is 0.184. The summed E-state index contributed by atoms with van der Waals surface area (Å²) in [5, 5.41) is 3.87. The smallest absolute Gasteiger partial charge is 0.416 e. The van der Waals surface area contributed by atoms with Gasteiger partial charge in [-0.15, -0.1) is 0 Å². The summed E-state index contributed by atoms with van der Waals surface area (Å²) >= 11 is 4.32. The van der Waals surface area contributed by atoms with E-state index in [0.29, 0.717) is 12.2 Å². The average molecular weight is 664 g/mol. The van der Waals surface area contributed by atoms with Crippen LogP contribution in [-0.4, -0.2) is 12.1 Å².